The average Bonchev–Trinajstić information content (AvgIpc) is 2.59. The lowest BCUT2D eigenvalue weighted by Crippen LogP contribution is -2.35. The molecule has 1 fully saturated rings. The lowest BCUT2D eigenvalue weighted by Gasteiger charge is -2.12. The molecule has 0 amide bonds. The summed E-state index contributed by atoms with van der Waals surface area (Å²) in [5, 5.41) is 2.86. The first-order valence-electron chi connectivity index (χ1n) is 5.57. The second kappa shape index (κ2) is 8.88. The van der Waals surface area contributed by atoms with Gasteiger partial charge in [0.2, 0.25) is 10.0 Å². The van der Waals surface area contributed by atoms with Gasteiger partial charge >= 0.3 is 0 Å². The highest BCUT2D eigenvalue weighted by atomic mass is 127. The molecule has 0 spiro atoms. The third-order valence-corrected chi connectivity index (χ3v) is 4.40. The highest BCUT2D eigenvalue weighted by Gasteiger charge is 2.27. The molecule has 3 N–H and O–H groups in total. The van der Waals surface area contributed by atoms with Crippen LogP contribution in [-0.4, -0.2) is 64.3 Å². The number of nitrogens with two attached hydrogens (primary N) is 1. The number of hydrogen-bond acceptors (Lipinski definition) is 4. The van der Waals surface area contributed by atoms with Crippen LogP contribution < -0.4 is 11.1 Å². The van der Waals surface area contributed by atoms with Gasteiger partial charge in [-0.1, -0.05) is 0 Å². The van der Waals surface area contributed by atoms with E-state index in [0.717, 1.165) is 0 Å². The Morgan fingerprint density at radius 2 is 2.28 bits per heavy atom. The number of guanidine groups is 1. The molecule has 0 bridgehead atoms. The van der Waals surface area contributed by atoms with Crippen LogP contribution in [0.5, 0.6) is 0 Å². The monoisotopic (exact) mass is 392 g/mol. The van der Waals surface area contributed by atoms with Crippen molar-refractivity contribution in [1.29, 1.82) is 0 Å². The van der Waals surface area contributed by atoms with Crippen LogP contribution in [0, 0.1) is 0 Å². The van der Waals surface area contributed by atoms with Crippen molar-refractivity contribution in [1.82, 2.24) is 9.62 Å². The number of nitrogens with zero attached hydrogens (tertiary/aromatic N) is 2. The molecule has 1 heterocycles. The number of rotatable bonds is 6. The van der Waals surface area contributed by atoms with E-state index in [2.05, 4.69) is 10.3 Å². The molecule has 1 saturated heterocycles. The van der Waals surface area contributed by atoms with Crippen molar-refractivity contribution in [3.05, 3.63) is 0 Å². The Morgan fingerprint density at radius 3 is 2.83 bits per heavy atom. The van der Waals surface area contributed by atoms with Gasteiger partial charge in [0.15, 0.2) is 5.96 Å². The van der Waals surface area contributed by atoms with Gasteiger partial charge in [-0.15, -0.1) is 24.0 Å². The minimum absolute atomic E-state index is 0. The van der Waals surface area contributed by atoms with Crippen LogP contribution in [0.1, 0.15) is 6.42 Å². The molecule has 0 radical (unpaired) electrons. The third-order valence-electron chi connectivity index (χ3n) is 2.45. The standard InChI is InChI=1S/C9H20N4O3S.HI/c1-16-7-4-12-9(10)11-3-6-13-5-2-8-17(13,14)15;/h2-8H2,1H3,(H3,10,11,12);1H. The number of ether oxygens (including phenoxy) is 1. The lowest BCUT2D eigenvalue weighted by molar-refractivity contribution is 0.204. The van der Waals surface area contributed by atoms with Crippen molar-refractivity contribution in [2.24, 2.45) is 10.7 Å². The van der Waals surface area contributed by atoms with Crippen molar-refractivity contribution in [2.45, 2.75) is 6.42 Å². The zero-order valence-electron chi connectivity index (χ0n) is 10.5. The van der Waals surface area contributed by atoms with Crippen LogP contribution >= 0.6 is 24.0 Å². The highest BCUT2D eigenvalue weighted by Crippen LogP contribution is 2.11. The molecule has 1 rings (SSSR count). The van der Waals surface area contributed by atoms with Gasteiger partial charge in [-0.3, -0.25) is 4.99 Å². The number of aliphatic imine (C=N–C) groups is 1. The Morgan fingerprint density at radius 1 is 1.56 bits per heavy atom. The van der Waals surface area contributed by atoms with Crippen molar-refractivity contribution in [3.63, 3.8) is 0 Å². The maximum atomic E-state index is 11.5. The average molecular weight is 392 g/mol. The van der Waals surface area contributed by atoms with Crippen LogP contribution in [0.25, 0.3) is 0 Å². The molecule has 0 aromatic carbocycles. The maximum Gasteiger partial charge on any atom is 0.214 e. The topological polar surface area (TPSA) is 97.0 Å². The zero-order chi connectivity index (χ0) is 12.7. The fourth-order valence-corrected chi connectivity index (χ4v) is 3.08. The van der Waals surface area contributed by atoms with E-state index in [1.165, 1.54) is 4.31 Å². The van der Waals surface area contributed by atoms with Gasteiger partial charge < -0.3 is 15.8 Å². The Bertz CT molecular complexity index is 361. The first-order valence-corrected chi connectivity index (χ1v) is 7.18. The second-order valence-electron chi connectivity index (χ2n) is 3.76. The van der Waals surface area contributed by atoms with Gasteiger partial charge in [-0.25, -0.2) is 12.7 Å². The summed E-state index contributed by atoms with van der Waals surface area (Å²) in [6, 6.07) is 0. The fraction of sp³-hybridized carbons (Fsp3) is 0.889. The van der Waals surface area contributed by atoms with Gasteiger partial charge in [0, 0.05) is 26.7 Å². The Hall–Kier alpha value is -0.130. The molecular weight excluding hydrogens is 371 g/mol. The van der Waals surface area contributed by atoms with E-state index in [9.17, 15) is 8.42 Å². The van der Waals surface area contributed by atoms with Crippen molar-refractivity contribution in [2.75, 3.05) is 45.6 Å². The van der Waals surface area contributed by atoms with E-state index in [4.69, 9.17) is 10.5 Å². The van der Waals surface area contributed by atoms with Gasteiger partial charge in [-0.2, -0.15) is 0 Å². The van der Waals surface area contributed by atoms with Crippen molar-refractivity contribution in [3.8, 4) is 0 Å². The zero-order valence-corrected chi connectivity index (χ0v) is 13.6. The fourth-order valence-electron chi connectivity index (χ4n) is 1.56. The van der Waals surface area contributed by atoms with E-state index in [1.54, 1.807) is 7.11 Å². The molecular formula is C9H21IN4O3S. The Kier molecular flexibility index (Phi) is 8.82. The molecule has 1 aliphatic rings. The van der Waals surface area contributed by atoms with Crippen LogP contribution in [0.3, 0.4) is 0 Å². The van der Waals surface area contributed by atoms with Gasteiger partial charge in [0.05, 0.1) is 18.9 Å². The van der Waals surface area contributed by atoms with Crippen molar-refractivity contribution >= 4 is 40.0 Å². The quantitative estimate of drug-likeness (QED) is 0.267. The predicted molar refractivity (Wildman–Crippen MR) is 81.8 cm³/mol. The molecule has 0 saturated carbocycles. The number of methoxy groups -OCH3 is 1. The normalized spacial score (nSPS) is 19.5. The van der Waals surface area contributed by atoms with E-state index in [1.807, 2.05) is 0 Å². The van der Waals surface area contributed by atoms with Gasteiger partial charge in [-0.05, 0) is 6.42 Å². The van der Waals surface area contributed by atoms with Crippen molar-refractivity contribution < 1.29 is 13.2 Å². The first-order chi connectivity index (χ1) is 8.06. The molecule has 0 aromatic rings. The second-order valence-corrected chi connectivity index (χ2v) is 5.84. The summed E-state index contributed by atoms with van der Waals surface area (Å²) in [4.78, 5) is 4.05. The highest BCUT2D eigenvalue weighted by molar-refractivity contribution is 14.0. The van der Waals surface area contributed by atoms with Crippen LogP contribution in [0.15, 0.2) is 4.99 Å². The van der Waals surface area contributed by atoms with Gasteiger partial charge in [0.1, 0.15) is 0 Å². The minimum atomic E-state index is -3.02. The third kappa shape index (κ3) is 6.16. The maximum absolute atomic E-state index is 11.5. The first kappa shape index (κ1) is 17.9. The smallest absolute Gasteiger partial charge is 0.214 e. The van der Waals surface area contributed by atoms with E-state index in [-0.39, 0.29) is 29.7 Å². The molecule has 1 aliphatic heterocycles. The summed E-state index contributed by atoms with van der Waals surface area (Å²) in [5.41, 5.74) is 5.58. The van der Waals surface area contributed by atoms with E-state index < -0.39 is 10.0 Å². The summed E-state index contributed by atoms with van der Waals surface area (Å²) < 4.78 is 29.2. The molecule has 0 aromatic heterocycles. The largest absolute Gasteiger partial charge is 0.383 e. The Balaban J connectivity index is 0.00000289. The van der Waals surface area contributed by atoms with E-state index in [0.29, 0.717) is 45.2 Å². The number of halogens is 1. The molecule has 0 unspecified atom stereocenters. The van der Waals surface area contributed by atoms with Gasteiger partial charge in [0.25, 0.3) is 0 Å². The summed E-state index contributed by atoms with van der Waals surface area (Å²) >= 11 is 0. The molecule has 0 atom stereocenters. The summed E-state index contributed by atoms with van der Waals surface area (Å²) in [5.74, 6) is 0.566. The molecule has 18 heavy (non-hydrogen) atoms. The molecule has 108 valence electrons. The van der Waals surface area contributed by atoms with Crippen LogP contribution in [0.4, 0.5) is 0 Å². The predicted octanol–water partition coefficient (Wildman–Crippen LogP) is -0.809. The number of nitrogens with one attached hydrogen (secondary N) is 1. The molecule has 0 aliphatic carbocycles. The summed E-state index contributed by atoms with van der Waals surface area (Å²) in [6.45, 7) is 2.51. The summed E-state index contributed by atoms with van der Waals surface area (Å²) in [6.07, 6.45) is 0.702. The lowest BCUT2D eigenvalue weighted by atomic mass is 10.5. The number of sulfonamides is 1. The molecule has 9 heteroatoms. The van der Waals surface area contributed by atoms with E-state index >= 15 is 0 Å². The van der Waals surface area contributed by atoms with Crippen LogP contribution in [0.2, 0.25) is 0 Å². The SMILES string of the molecule is COCCNC(N)=NCCN1CCCS1(=O)=O.I. The minimum Gasteiger partial charge on any atom is -0.383 e. The molecule has 7 nitrogen and oxygen atoms in total. The number of hydrogen-bond donors (Lipinski definition) is 2. The van der Waals surface area contributed by atoms with Crippen LogP contribution in [-0.2, 0) is 14.8 Å². The Labute approximate surface area is 125 Å². The summed E-state index contributed by atoms with van der Waals surface area (Å²) in [7, 11) is -1.42.